The molecule has 2 heterocycles. The molecule has 0 spiro atoms. The lowest BCUT2D eigenvalue weighted by molar-refractivity contribution is -0.0172. The first-order chi connectivity index (χ1) is 11.2. The Labute approximate surface area is 134 Å². The van der Waals surface area contributed by atoms with Crippen LogP contribution in [-0.4, -0.2) is 38.6 Å². The number of hydrogen-bond acceptors (Lipinski definition) is 4. The van der Waals surface area contributed by atoms with Crippen LogP contribution in [-0.2, 0) is 22.5 Å². The molecule has 2 aliphatic heterocycles. The van der Waals surface area contributed by atoms with Gasteiger partial charge < -0.3 is 25.3 Å². The van der Waals surface area contributed by atoms with Crippen molar-refractivity contribution in [2.75, 3.05) is 26.5 Å². The maximum atomic E-state index is 13.6. The third-order valence-electron chi connectivity index (χ3n) is 3.94. The Morgan fingerprint density at radius 1 is 1.43 bits per heavy atom. The minimum Gasteiger partial charge on any atom is -0.467 e. The number of nitrogens with one attached hydrogen (secondary N) is 1. The Hall–Kier alpha value is -1.86. The molecule has 1 fully saturated rings. The molecule has 23 heavy (non-hydrogen) atoms. The molecule has 3 rings (SSSR count). The summed E-state index contributed by atoms with van der Waals surface area (Å²) in [7, 11) is 0. The average molecular weight is 323 g/mol. The van der Waals surface area contributed by atoms with E-state index in [2.05, 4.69) is 10.3 Å². The van der Waals surface area contributed by atoms with Gasteiger partial charge in [0.25, 0.3) is 0 Å². The monoisotopic (exact) mass is 323 g/mol. The molecule has 0 amide bonds. The van der Waals surface area contributed by atoms with Gasteiger partial charge >= 0.3 is 0 Å². The van der Waals surface area contributed by atoms with Gasteiger partial charge in [0.2, 0.25) is 0 Å². The first kappa shape index (κ1) is 16.0. The van der Waals surface area contributed by atoms with Gasteiger partial charge in [-0.2, -0.15) is 0 Å². The van der Waals surface area contributed by atoms with Gasteiger partial charge in [-0.1, -0.05) is 0 Å². The normalized spacial score (nSPS) is 20.9. The van der Waals surface area contributed by atoms with E-state index in [0.717, 1.165) is 30.6 Å². The van der Waals surface area contributed by atoms with Crippen molar-refractivity contribution >= 4 is 5.96 Å². The molecular formula is C16H22FN3O3. The van der Waals surface area contributed by atoms with Crippen molar-refractivity contribution in [3.05, 3.63) is 29.1 Å². The highest BCUT2D eigenvalue weighted by Crippen LogP contribution is 2.29. The molecule has 1 atom stereocenters. The summed E-state index contributed by atoms with van der Waals surface area (Å²) in [6, 6.07) is 2.94. The molecule has 0 bridgehead atoms. The fourth-order valence-corrected chi connectivity index (χ4v) is 2.81. The fourth-order valence-electron chi connectivity index (χ4n) is 2.81. The van der Waals surface area contributed by atoms with E-state index < -0.39 is 0 Å². The number of nitrogens with zero attached hydrogens (tertiary/aromatic N) is 1. The zero-order chi connectivity index (χ0) is 16.1. The van der Waals surface area contributed by atoms with Gasteiger partial charge in [-0.3, -0.25) is 4.99 Å². The van der Waals surface area contributed by atoms with E-state index in [4.69, 9.17) is 19.9 Å². The van der Waals surface area contributed by atoms with Crippen molar-refractivity contribution in [2.45, 2.75) is 32.0 Å². The van der Waals surface area contributed by atoms with E-state index in [9.17, 15) is 4.39 Å². The summed E-state index contributed by atoms with van der Waals surface area (Å²) in [5.74, 6) is 0.817. The first-order valence-electron chi connectivity index (χ1n) is 7.89. The molecule has 7 heteroatoms. The Morgan fingerprint density at radius 3 is 3.17 bits per heavy atom. The summed E-state index contributed by atoms with van der Waals surface area (Å²) in [5, 5.41) is 3.04. The lowest BCUT2D eigenvalue weighted by Crippen LogP contribution is -2.34. The zero-order valence-corrected chi connectivity index (χ0v) is 13.0. The maximum absolute atomic E-state index is 13.6. The van der Waals surface area contributed by atoms with Crippen LogP contribution in [0.15, 0.2) is 17.1 Å². The van der Waals surface area contributed by atoms with Gasteiger partial charge in [0, 0.05) is 18.7 Å². The van der Waals surface area contributed by atoms with Crippen LogP contribution in [0.1, 0.15) is 24.0 Å². The molecule has 1 aromatic carbocycles. The molecule has 0 radical (unpaired) electrons. The average Bonchev–Trinajstić information content (AvgIpc) is 3.06. The van der Waals surface area contributed by atoms with E-state index in [1.807, 2.05) is 0 Å². The molecule has 0 aliphatic carbocycles. The van der Waals surface area contributed by atoms with E-state index in [-0.39, 0.29) is 18.7 Å². The standard InChI is InChI=1S/C16H22FN3O3/c17-13-6-11(15-12(7-13)9-21-10-23-15)3-4-19-16(18)20-8-14-2-1-5-22-14/h6-7,14H,1-5,8-10H2,(H3,18,19,20). The molecule has 0 aromatic heterocycles. The van der Waals surface area contributed by atoms with Gasteiger partial charge in [0.1, 0.15) is 11.6 Å². The summed E-state index contributed by atoms with van der Waals surface area (Å²) >= 11 is 0. The minimum atomic E-state index is -0.284. The Kier molecular flexibility index (Phi) is 5.30. The molecule has 126 valence electrons. The van der Waals surface area contributed by atoms with Crippen molar-refractivity contribution in [1.29, 1.82) is 0 Å². The SMILES string of the molecule is NC(=NCC1CCCO1)NCCc1cc(F)cc2c1OCOC2. The molecule has 1 unspecified atom stereocenters. The largest absolute Gasteiger partial charge is 0.467 e. The molecule has 1 aromatic rings. The number of fused-ring (bicyclic) bond motifs is 1. The van der Waals surface area contributed by atoms with Crippen LogP contribution in [0.25, 0.3) is 0 Å². The Balaban J connectivity index is 1.52. The number of halogens is 1. The minimum absolute atomic E-state index is 0.180. The number of ether oxygens (including phenoxy) is 3. The predicted octanol–water partition coefficient (Wildman–Crippen LogP) is 1.32. The molecule has 6 nitrogen and oxygen atoms in total. The molecular weight excluding hydrogens is 301 g/mol. The fraction of sp³-hybridized carbons (Fsp3) is 0.562. The molecule has 1 saturated heterocycles. The zero-order valence-electron chi connectivity index (χ0n) is 13.0. The van der Waals surface area contributed by atoms with Crippen molar-refractivity contribution in [1.82, 2.24) is 5.32 Å². The van der Waals surface area contributed by atoms with Gasteiger partial charge in [-0.15, -0.1) is 0 Å². The van der Waals surface area contributed by atoms with E-state index >= 15 is 0 Å². The van der Waals surface area contributed by atoms with Crippen LogP contribution < -0.4 is 15.8 Å². The van der Waals surface area contributed by atoms with E-state index in [1.165, 1.54) is 12.1 Å². The first-order valence-corrected chi connectivity index (χ1v) is 7.89. The predicted molar refractivity (Wildman–Crippen MR) is 83.9 cm³/mol. The quantitative estimate of drug-likeness (QED) is 0.631. The van der Waals surface area contributed by atoms with Crippen LogP contribution in [0.3, 0.4) is 0 Å². The van der Waals surface area contributed by atoms with E-state index in [1.54, 1.807) is 0 Å². The number of aliphatic imine (C=N–C) groups is 1. The third kappa shape index (κ3) is 4.33. The highest BCUT2D eigenvalue weighted by Gasteiger charge is 2.17. The van der Waals surface area contributed by atoms with Gasteiger partial charge in [0.15, 0.2) is 12.8 Å². The summed E-state index contributed by atoms with van der Waals surface area (Å²) in [6.07, 6.45) is 2.89. The highest BCUT2D eigenvalue weighted by atomic mass is 19.1. The topological polar surface area (TPSA) is 78.1 Å². The van der Waals surface area contributed by atoms with Crippen molar-refractivity contribution < 1.29 is 18.6 Å². The molecule has 3 N–H and O–H groups in total. The lowest BCUT2D eigenvalue weighted by Gasteiger charge is -2.21. The number of benzene rings is 1. The smallest absolute Gasteiger partial charge is 0.189 e. The molecule has 0 saturated carbocycles. The second kappa shape index (κ2) is 7.61. The summed E-state index contributed by atoms with van der Waals surface area (Å²) in [5.41, 5.74) is 7.39. The number of nitrogens with two attached hydrogens (primary N) is 1. The van der Waals surface area contributed by atoms with Crippen molar-refractivity contribution in [2.24, 2.45) is 10.7 Å². The van der Waals surface area contributed by atoms with E-state index in [0.29, 0.717) is 37.8 Å². The van der Waals surface area contributed by atoms with Crippen LogP contribution in [0.4, 0.5) is 4.39 Å². The van der Waals surface area contributed by atoms with Gasteiger partial charge in [-0.25, -0.2) is 4.39 Å². The maximum Gasteiger partial charge on any atom is 0.189 e. The lowest BCUT2D eigenvalue weighted by atomic mass is 10.1. The van der Waals surface area contributed by atoms with Crippen molar-refractivity contribution in [3.8, 4) is 5.75 Å². The van der Waals surface area contributed by atoms with Crippen LogP contribution in [0, 0.1) is 5.82 Å². The number of guanidine groups is 1. The van der Waals surface area contributed by atoms with Gasteiger partial charge in [-0.05, 0) is 37.0 Å². The highest BCUT2D eigenvalue weighted by molar-refractivity contribution is 5.77. The Morgan fingerprint density at radius 2 is 2.35 bits per heavy atom. The number of rotatable bonds is 5. The summed E-state index contributed by atoms with van der Waals surface area (Å²) in [4.78, 5) is 4.28. The van der Waals surface area contributed by atoms with Crippen LogP contribution >= 0.6 is 0 Å². The third-order valence-corrected chi connectivity index (χ3v) is 3.94. The number of hydrogen-bond donors (Lipinski definition) is 2. The Bertz CT molecular complexity index is 574. The van der Waals surface area contributed by atoms with Crippen LogP contribution in [0.5, 0.6) is 5.75 Å². The van der Waals surface area contributed by atoms with Gasteiger partial charge in [0.05, 0.1) is 19.3 Å². The summed E-state index contributed by atoms with van der Waals surface area (Å²) < 4.78 is 29.8. The second-order valence-corrected chi connectivity index (χ2v) is 5.70. The van der Waals surface area contributed by atoms with Crippen LogP contribution in [0.2, 0.25) is 0 Å². The molecule has 2 aliphatic rings. The second-order valence-electron chi connectivity index (χ2n) is 5.70. The summed E-state index contributed by atoms with van der Waals surface area (Å²) in [6.45, 7) is 2.51. The van der Waals surface area contributed by atoms with Crippen molar-refractivity contribution in [3.63, 3.8) is 0 Å².